The van der Waals surface area contributed by atoms with Gasteiger partial charge in [0, 0.05) is 33.3 Å². The minimum Gasteiger partial charge on any atom is -0.496 e. The third-order valence-electron chi connectivity index (χ3n) is 7.03. The average molecular weight is 584 g/mol. The predicted octanol–water partition coefficient (Wildman–Crippen LogP) is 7.92. The molecule has 4 aromatic rings. The Morgan fingerprint density at radius 1 is 0.857 bits per heavy atom. The van der Waals surface area contributed by atoms with Crippen LogP contribution in [0.5, 0.6) is 17.2 Å². The van der Waals surface area contributed by atoms with Crippen molar-refractivity contribution in [2.24, 2.45) is 0 Å². The van der Waals surface area contributed by atoms with Crippen molar-refractivity contribution in [1.82, 2.24) is 0 Å². The van der Waals surface area contributed by atoms with Gasteiger partial charge in [0.15, 0.2) is 0 Å². The number of hydrogen-bond acceptors (Lipinski definition) is 8. The molecule has 1 aliphatic rings. The molecule has 0 unspecified atom stereocenters. The summed E-state index contributed by atoms with van der Waals surface area (Å²) in [4.78, 5) is 27.5. The molecule has 42 heavy (non-hydrogen) atoms. The van der Waals surface area contributed by atoms with Gasteiger partial charge in [-0.3, -0.25) is 0 Å². The zero-order chi connectivity index (χ0) is 30.0. The molecule has 0 saturated heterocycles. The Morgan fingerprint density at radius 2 is 1.60 bits per heavy atom. The van der Waals surface area contributed by atoms with Gasteiger partial charge in [0.05, 0.1) is 19.8 Å². The van der Waals surface area contributed by atoms with Crippen molar-refractivity contribution in [2.75, 3.05) is 19.5 Å². The van der Waals surface area contributed by atoms with E-state index in [1.165, 1.54) is 18.4 Å². The number of carbonyl (C=O) groups excluding carboxylic acids is 2. The van der Waals surface area contributed by atoms with E-state index in [2.05, 4.69) is 32.2 Å². The van der Waals surface area contributed by atoms with Crippen LogP contribution in [0.4, 0.5) is 5.69 Å². The Morgan fingerprint density at radius 3 is 2.31 bits per heavy atom. The van der Waals surface area contributed by atoms with Gasteiger partial charge in [-0.2, -0.15) is 0 Å². The Balaban J connectivity index is 1.53. The Hall–Kier alpha value is -4.56. The standard InChI is InChI=1S/C34H33NO6S/c1-20-18-34(3,4)35-27-15-14-23(26(31(20)27)19-40-33(37)30-16-11-21(2)42-30)24-13-12-22(17-29(24)39-6)41-32(36)25-9-7-8-10-28(25)38-5/h7-18,35H,19H2,1-6H3. The van der Waals surface area contributed by atoms with E-state index in [9.17, 15) is 9.59 Å². The Labute approximate surface area is 249 Å². The summed E-state index contributed by atoms with van der Waals surface area (Å²) in [6.45, 7) is 8.31. The highest BCUT2D eigenvalue weighted by molar-refractivity contribution is 7.13. The van der Waals surface area contributed by atoms with Crippen molar-refractivity contribution in [2.45, 2.75) is 39.8 Å². The second-order valence-electron chi connectivity index (χ2n) is 10.6. The van der Waals surface area contributed by atoms with Crippen LogP contribution in [0, 0.1) is 6.92 Å². The molecule has 0 saturated carbocycles. The smallest absolute Gasteiger partial charge is 0.348 e. The van der Waals surface area contributed by atoms with Gasteiger partial charge in [-0.25, -0.2) is 9.59 Å². The lowest BCUT2D eigenvalue weighted by molar-refractivity contribution is 0.0478. The van der Waals surface area contributed by atoms with Crippen molar-refractivity contribution in [3.63, 3.8) is 0 Å². The first kappa shape index (κ1) is 29.0. The summed E-state index contributed by atoms with van der Waals surface area (Å²) < 4.78 is 22.6. The summed E-state index contributed by atoms with van der Waals surface area (Å²) in [6, 6.07) is 19.9. The van der Waals surface area contributed by atoms with E-state index in [1.54, 1.807) is 49.6 Å². The molecule has 0 atom stereocenters. The highest BCUT2D eigenvalue weighted by atomic mass is 32.1. The average Bonchev–Trinajstić information content (AvgIpc) is 3.41. The maximum Gasteiger partial charge on any atom is 0.348 e. The number of esters is 2. The van der Waals surface area contributed by atoms with E-state index in [-0.39, 0.29) is 18.1 Å². The van der Waals surface area contributed by atoms with Crippen LogP contribution in [0.25, 0.3) is 16.7 Å². The van der Waals surface area contributed by atoms with Gasteiger partial charge in [-0.15, -0.1) is 11.3 Å². The third-order valence-corrected chi connectivity index (χ3v) is 8.01. The number of carbonyl (C=O) groups is 2. The van der Waals surface area contributed by atoms with Crippen molar-refractivity contribution >= 4 is 34.5 Å². The van der Waals surface area contributed by atoms with Gasteiger partial charge in [-0.05, 0) is 81.3 Å². The molecule has 0 aliphatic carbocycles. The first-order valence-corrected chi connectivity index (χ1v) is 14.3. The van der Waals surface area contributed by atoms with E-state index in [1.807, 2.05) is 31.2 Å². The monoisotopic (exact) mass is 583 g/mol. The number of ether oxygens (including phenoxy) is 4. The van der Waals surface area contributed by atoms with Crippen molar-refractivity contribution in [1.29, 1.82) is 0 Å². The van der Waals surface area contributed by atoms with Gasteiger partial charge in [0.25, 0.3) is 0 Å². The zero-order valence-corrected chi connectivity index (χ0v) is 25.3. The van der Waals surface area contributed by atoms with Crippen LogP contribution in [0.15, 0.2) is 72.8 Å². The number of rotatable bonds is 8. The molecule has 5 rings (SSSR count). The number of thiophene rings is 1. The molecule has 3 aromatic carbocycles. The van der Waals surface area contributed by atoms with Gasteiger partial charge < -0.3 is 24.3 Å². The molecule has 7 nitrogen and oxygen atoms in total. The van der Waals surface area contributed by atoms with Gasteiger partial charge in [0.2, 0.25) is 0 Å². The normalized spacial score (nSPS) is 13.3. The van der Waals surface area contributed by atoms with Crippen LogP contribution in [0.3, 0.4) is 0 Å². The first-order chi connectivity index (χ1) is 20.1. The SMILES string of the molecule is COc1ccccc1C(=O)Oc1ccc(-c2ccc3c(c2COC(=O)c2ccc(C)s2)C(C)=CC(C)(C)N3)c(OC)c1. The molecular formula is C34H33NO6S. The summed E-state index contributed by atoms with van der Waals surface area (Å²) in [5.74, 6) is 0.351. The quantitative estimate of drug-likeness (QED) is 0.167. The van der Waals surface area contributed by atoms with Crippen molar-refractivity contribution < 1.29 is 28.5 Å². The van der Waals surface area contributed by atoms with Crippen molar-refractivity contribution in [3.8, 4) is 28.4 Å². The van der Waals surface area contributed by atoms with E-state index in [0.29, 0.717) is 27.7 Å². The summed E-state index contributed by atoms with van der Waals surface area (Å²) in [5.41, 5.74) is 5.58. The lowest BCUT2D eigenvalue weighted by Crippen LogP contribution is -2.32. The molecule has 8 heteroatoms. The molecule has 216 valence electrons. The molecule has 0 radical (unpaired) electrons. The second-order valence-corrected chi connectivity index (χ2v) is 11.9. The molecule has 2 heterocycles. The molecule has 0 spiro atoms. The minimum absolute atomic E-state index is 0.0648. The Kier molecular flexibility index (Phi) is 8.09. The van der Waals surface area contributed by atoms with E-state index >= 15 is 0 Å². The van der Waals surface area contributed by atoms with Gasteiger partial charge in [-0.1, -0.05) is 24.3 Å². The highest BCUT2D eigenvalue weighted by Gasteiger charge is 2.27. The van der Waals surface area contributed by atoms with Crippen molar-refractivity contribution in [3.05, 3.63) is 99.3 Å². The molecule has 1 aromatic heterocycles. The van der Waals surface area contributed by atoms with Crippen LogP contribution in [0.1, 0.15) is 56.8 Å². The lowest BCUT2D eigenvalue weighted by Gasteiger charge is -2.33. The number of aryl methyl sites for hydroxylation is 1. The second kappa shape index (κ2) is 11.7. The minimum atomic E-state index is -0.540. The fourth-order valence-electron chi connectivity index (χ4n) is 5.29. The first-order valence-electron chi connectivity index (χ1n) is 13.5. The van der Waals surface area contributed by atoms with Gasteiger partial charge >= 0.3 is 11.9 Å². The molecule has 0 bridgehead atoms. The number of benzene rings is 3. The number of methoxy groups -OCH3 is 2. The summed E-state index contributed by atoms with van der Waals surface area (Å²) in [5, 5.41) is 3.58. The van der Waals surface area contributed by atoms with Crippen LogP contribution >= 0.6 is 11.3 Å². The number of para-hydroxylation sites is 1. The van der Waals surface area contributed by atoms with E-state index < -0.39 is 5.97 Å². The Bertz CT molecular complexity index is 1700. The van der Waals surface area contributed by atoms with Crippen LogP contribution < -0.4 is 19.5 Å². The molecule has 1 N–H and O–H groups in total. The fraction of sp³-hybridized carbons (Fsp3) is 0.235. The lowest BCUT2D eigenvalue weighted by atomic mass is 9.85. The summed E-state index contributed by atoms with van der Waals surface area (Å²) >= 11 is 1.41. The maximum absolute atomic E-state index is 12.9. The van der Waals surface area contributed by atoms with Crippen LogP contribution in [-0.4, -0.2) is 31.7 Å². The highest BCUT2D eigenvalue weighted by Crippen LogP contribution is 2.43. The largest absolute Gasteiger partial charge is 0.496 e. The summed E-state index contributed by atoms with van der Waals surface area (Å²) in [7, 11) is 3.07. The number of anilines is 1. The molecule has 0 fully saturated rings. The number of fused-ring (bicyclic) bond motifs is 1. The number of nitrogens with one attached hydrogen (secondary N) is 1. The zero-order valence-electron chi connectivity index (χ0n) is 24.5. The van der Waals surface area contributed by atoms with E-state index in [0.717, 1.165) is 38.4 Å². The van der Waals surface area contributed by atoms with Crippen LogP contribution in [-0.2, 0) is 11.3 Å². The third kappa shape index (κ3) is 5.90. The van der Waals surface area contributed by atoms with E-state index in [4.69, 9.17) is 18.9 Å². The molecule has 0 amide bonds. The summed E-state index contributed by atoms with van der Waals surface area (Å²) in [6.07, 6.45) is 2.17. The maximum atomic E-state index is 12.9. The number of hydrogen-bond donors (Lipinski definition) is 1. The number of allylic oxidation sites excluding steroid dienone is 1. The van der Waals surface area contributed by atoms with Gasteiger partial charge in [0.1, 0.15) is 34.3 Å². The van der Waals surface area contributed by atoms with Crippen LogP contribution in [0.2, 0.25) is 0 Å². The predicted molar refractivity (Wildman–Crippen MR) is 166 cm³/mol. The topological polar surface area (TPSA) is 83.1 Å². The fourth-order valence-corrected chi connectivity index (χ4v) is 6.05. The molecule has 1 aliphatic heterocycles. The molecular weight excluding hydrogens is 550 g/mol.